The van der Waals surface area contributed by atoms with Gasteiger partial charge in [0.1, 0.15) is 12.3 Å². The Hall–Kier alpha value is -3.57. The van der Waals surface area contributed by atoms with Gasteiger partial charge in [-0.05, 0) is 31.9 Å². The van der Waals surface area contributed by atoms with Crippen molar-refractivity contribution >= 4 is 28.5 Å². The van der Waals surface area contributed by atoms with Crippen LogP contribution in [-0.2, 0) is 16.9 Å². The third-order valence-corrected chi connectivity index (χ3v) is 6.89. The van der Waals surface area contributed by atoms with Crippen LogP contribution in [0.2, 0.25) is 0 Å². The lowest BCUT2D eigenvalue weighted by atomic mass is 9.83. The molecule has 1 aromatic heterocycles. The molecule has 11 heteroatoms. The van der Waals surface area contributed by atoms with Crippen molar-refractivity contribution in [2.24, 2.45) is 10.7 Å². The number of halogens is 2. The molecule has 1 aliphatic rings. The number of methoxy groups -OCH3 is 1. The molecular weight excluding hydrogens is 500 g/mol. The Morgan fingerprint density at radius 3 is 2.59 bits per heavy atom. The number of anilines is 1. The van der Waals surface area contributed by atoms with E-state index < -0.39 is 27.8 Å². The monoisotopic (exact) mass is 527 g/mol. The molecule has 8 nitrogen and oxygen atoms in total. The number of thioether (sulfide) groups is 1. The summed E-state index contributed by atoms with van der Waals surface area (Å²) in [6.07, 6.45) is 2.91. The number of amides is 1. The summed E-state index contributed by atoms with van der Waals surface area (Å²) in [5.74, 6) is -2.57. The molecule has 3 N–H and O–H groups in total. The van der Waals surface area contributed by atoms with Crippen molar-refractivity contribution in [3.05, 3.63) is 83.3 Å². The maximum atomic E-state index is 15.0. The Morgan fingerprint density at radius 2 is 1.92 bits per heavy atom. The minimum absolute atomic E-state index is 0.0199. The SMILES string of the molecule is COC[C@@]1(C)C[C@@](C)(c2cc(NC(=O)c3cnc(OCc4ccccc4)cn3)cc(F)c2F)N=C(N)S1. The van der Waals surface area contributed by atoms with E-state index in [2.05, 4.69) is 20.3 Å². The Labute approximate surface area is 217 Å². The van der Waals surface area contributed by atoms with Crippen LogP contribution in [0.5, 0.6) is 5.88 Å². The Balaban J connectivity index is 1.52. The van der Waals surface area contributed by atoms with Crippen molar-refractivity contribution in [3.63, 3.8) is 0 Å². The quantitative estimate of drug-likeness (QED) is 0.438. The van der Waals surface area contributed by atoms with Gasteiger partial charge in [-0.25, -0.2) is 18.7 Å². The van der Waals surface area contributed by atoms with E-state index in [9.17, 15) is 9.18 Å². The zero-order valence-corrected chi connectivity index (χ0v) is 21.4. The van der Waals surface area contributed by atoms with Crippen LogP contribution < -0.4 is 15.8 Å². The van der Waals surface area contributed by atoms with Crippen molar-refractivity contribution in [3.8, 4) is 5.88 Å². The fourth-order valence-corrected chi connectivity index (χ4v) is 5.63. The average Bonchev–Trinajstić information content (AvgIpc) is 2.85. The number of ether oxygens (including phenoxy) is 2. The Morgan fingerprint density at radius 1 is 1.16 bits per heavy atom. The highest BCUT2D eigenvalue weighted by Gasteiger charge is 2.44. The fraction of sp³-hybridized carbons (Fsp3) is 0.308. The van der Waals surface area contributed by atoms with E-state index in [1.165, 1.54) is 30.2 Å². The lowest BCUT2D eigenvalue weighted by Crippen LogP contribution is -2.43. The van der Waals surface area contributed by atoms with E-state index in [1.54, 1.807) is 14.0 Å². The van der Waals surface area contributed by atoms with Crippen molar-refractivity contribution in [1.29, 1.82) is 0 Å². The van der Waals surface area contributed by atoms with E-state index in [4.69, 9.17) is 15.2 Å². The van der Waals surface area contributed by atoms with E-state index in [0.29, 0.717) is 19.6 Å². The topological polar surface area (TPSA) is 112 Å². The van der Waals surface area contributed by atoms with Gasteiger partial charge in [-0.2, -0.15) is 0 Å². The maximum absolute atomic E-state index is 15.0. The third kappa shape index (κ3) is 6.23. The highest BCUT2D eigenvalue weighted by Crippen LogP contribution is 2.46. The smallest absolute Gasteiger partial charge is 0.275 e. The largest absolute Gasteiger partial charge is 0.472 e. The molecule has 0 fully saturated rings. The molecule has 0 saturated carbocycles. The molecule has 0 bridgehead atoms. The van der Waals surface area contributed by atoms with Gasteiger partial charge in [-0.15, -0.1) is 0 Å². The van der Waals surface area contributed by atoms with Gasteiger partial charge in [0.25, 0.3) is 5.91 Å². The van der Waals surface area contributed by atoms with Crippen molar-refractivity contribution in [2.75, 3.05) is 19.0 Å². The van der Waals surface area contributed by atoms with E-state index in [-0.39, 0.29) is 28.0 Å². The summed E-state index contributed by atoms with van der Waals surface area (Å²) in [5.41, 5.74) is 5.84. The second-order valence-corrected chi connectivity index (χ2v) is 10.8. The number of aliphatic imine (C=N–C) groups is 1. The molecule has 194 valence electrons. The summed E-state index contributed by atoms with van der Waals surface area (Å²) in [6, 6.07) is 11.8. The first-order chi connectivity index (χ1) is 17.6. The molecular formula is C26H27F2N5O3S. The number of rotatable bonds is 8. The molecule has 0 aliphatic carbocycles. The van der Waals surface area contributed by atoms with Crippen LogP contribution in [0, 0.1) is 11.6 Å². The molecule has 0 saturated heterocycles. The number of hydrogen-bond acceptors (Lipinski definition) is 8. The molecule has 3 aromatic rings. The van der Waals surface area contributed by atoms with Crippen LogP contribution in [0.3, 0.4) is 0 Å². The van der Waals surface area contributed by atoms with Gasteiger partial charge in [0.15, 0.2) is 16.8 Å². The molecule has 1 aliphatic heterocycles. The van der Waals surface area contributed by atoms with E-state index >= 15 is 4.39 Å². The van der Waals surface area contributed by atoms with Crippen molar-refractivity contribution in [1.82, 2.24) is 9.97 Å². The van der Waals surface area contributed by atoms with Crippen LogP contribution in [0.1, 0.15) is 41.9 Å². The highest BCUT2D eigenvalue weighted by atomic mass is 32.2. The predicted octanol–water partition coefficient (Wildman–Crippen LogP) is 4.66. The second-order valence-electron chi connectivity index (χ2n) is 9.17. The van der Waals surface area contributed by atoms with E-state index in [1.807, 2.05) is 37.3 Å². The molecule has 2 atom stereocenters. The number of nitrogens with one attached hydrogen (secondary N) is 1. The summed E-state index contributed by atoms with van der Waals surface area (Å²) < 4.78 is 40.0. The first kappa shape index (κ1) is 26.5. The first-order valence-electron chi connectivity index (χ1n) is 11.4. The molecule has 0 radical (unpaired) electrons. The Kier molecular flexibility index (Phi) is 7.74. The zero-order chi connectivity index (χ0) is 26.6. The summed E-state index contributed by atoms with van der Waals surface area (Å²) in [5, 5.41) is 2.80. The predicted molar refractivity (Wildman–Crippen MR) is 139 cm³/mol. The van der Waals surface area contributed by atoms with Crippen LogP contribution >= 0.6 is 11.8 Å². The first-order valence-corrected chi connectivity index (χ1v) is 12.3. The van der Waals surface area contributed by atoms with Crippen molar-refractivity contribution < 1.29 is 23.0 Å². The van der Waals surface area contributed by atoms with Crippen molar-refractivity contribution in [2.45, 2.75) is 37.2 Å². The second kappa shape index (κ2) is 10.8. The lowest BCUT2D eigenvalue weighted by molar-refractivity contribution is 0.102. The average molecular weight is 528 g/mol. The number of amidine groups is 1. The number of carbonyl (C=O) groups excluding carboxylic acids is 1. The highest BCUT2D eigenvalue weighted by molar-refractivity contribution is 8.15. The van der Waals surface area contributed by atoms with Crippen LogP contribution in [0.4, 0.5) is 14.5 Å². The van der Waals surface area contributed by atoms with E-state index in [0.717, 1.165) is 11.6 Å². The lowest BCUT2D eigenvalue weighted by Gasteiger charge is -2.41. The van der Waals surface area contributed by atoms with Crippen LogP contribution in [-0.4, -0.2) is 39.5 Å². The van der Waals surface area contributed by atoms with Gasteiger partial charge in [-0.1, -0.05) is 42.1 Å². The van der Waals surface area contributed by atoms with Crippen LogP contribution in [0.15, 0.2) is 59.9 Å². The number of carbonyl (C=O) groups is 1. The minimum Gasteiger partial charge on any atom is -0.472 e. The number of benzene rings is 2. The third-order valence-electron chi connectivity index (χ3n) is 5.83. The molecule has 1 amide bonds. The maximum Gasteiger partial charge on any atom is 0.275 e. The summed E-state index contributed by atoms with van der Waals surface area (Å²) in [4.78, 5) is 25.4. The minimum atomic E-state index is -1.17. The molecule has 37 heavy (non-hydrogen) atoms. The molecule has 2 heterocycles. The molecule has 2 aromatic carbocycles. The molecule has 0 spiro atoms. The van der Waals surface area contributed by atoms with Crippen LogP contribution in [0.25, 0.3) is 0 Å². The number of hydrogen-bond donors (Lipinski definition) is 2. The normalized spacial score (nSPS) is 21.3. The Bertz CT molecular complexity index is 1310. The van der Waals surface area contributed by atoms with Gasteiger partial charge in [0.05, 0.1) is 24.5 Å². The number of aromatic nitrogens is 2. The van der Waals surface area contributed by atoms with Gasteiger partial charge in [0, 0.05) is 29.2 Å². The number of nitrogens with two attached hydrogens (primary N) is 1. The fourth-order valence-electron chi connectivity index (χ4n) is 4.35. The van der Waals surface area contributed by atoms with Gasteiger partial charge < -0.3 is 20.5 Å². The summed E-state index contributed by atoms with van der Waals surface area (Å²) in [7, 11) is 1.56. The van der Waals surface area contributed by atoms with Gasteiger partial charge in [-0.3, -0.25) is 9.79 Å². The van der Waals surface area contributed by atoms with Gasteiger partial charge >= 0.3 is 0 Å². The zero-order valence-electron chi connectivity index (χ0n) is 20.6. The standard InChI is InChI=1S/C26H27F2N5O3S/c1-25(15-35-3)14-26(2,33-24(29)37-25)18-9-17(10-19(27)22(18)28)32-23(34)20-11-31-21(12-30-20)36-13-16-7-5-4-6-8-16/h4-12H,13-15H2,1-3H3,(H2,29,33)(H,32,34)/t25-,26+/m1/s1. The van der Waals surface area contributed by atoms with Gasteiger partial charge in [0.2, 0.25) is 5.88 Å². The summed E-state index contributed by atoms with van der Waals surface area (Å²) in [6.45, 7) is 4.24. The summed E-state index contributed by atoms with van der Waals surface area (Å²) >= 11 is 1.33. The molecule has 4 rings (SSSR count). The molecule has 0 unspecified atom stereocenters. The number of nitrogens with zero attached hydrogens (tertiary/aromatic N) is 3.